The van der Waals surface area contributed by atoms with Gasteiger partial charge in [-0.05, 0) is 32.9 Å². The van der Waals surface area contributed by atoms with Crippen LogP contribution in [0.15, 0.2) is 18.2 Å². The summed E-state index contributed by atoms with van der Waals surface area (Å²) >= 11 is 0. The molecule has 1 aliphatic rings. The average Bonchev–Trinajstić information content (AvgIpc) is 2.16. The molecule has 3 nitrogen and oxygen atoms in total. The Bertz CT molecular complexity index is 437. The van der Waals surface area contributed by atoms with Crippen LogP contribution in [0.25, 0.3) is 0 Å². The first kappa shape index (κ1) is 10.9. The van der Waals surface area contributed by atoms with E-state index in [2.05, 4.69) is 0 Å². The van der Waals surface area contributed by atoms with E-state index in [1.165, 1.54) is 12.1 Å². The highest BCUT2D eigenvalue weighted by molar-refractivity contribution is 5.98. The molecule has 1 heterocycles. The molecule has 0 unspecified atom stereocenters. The third-order valence-electron chi connectivity index (χ3n) is 2.43. The maximum absolute atomic E-state index is 13.0. The molecule has 0 atom stereocenters. The van der Waals surface area contributed by atoms with Crippen LogP contribution in [-0.4, -0.2) is 18.1 Å². The number of anilines is 1. The van der Waals surface area contributed by atoms with Crippen LogP contribution in [0.3, 0.4) is 0 Å². The lowest BCUT2D eigenvalue weighted by molar-refractivity contribution is -0.122. The third kappa shape index (κ3) is 1.75. The molecular formula is C12H14FNO2. The molecule has 0 N–H and O–H groups in total. The molecule has 16 heavy (non-hydrogen) atoms. The summed E-state index contributed by atoms with van der Waals surface area (Å²) < 4.78 is 18.2. The summed E-state index contributed by atoms with van der Waals surface area (Å²) in [7, 11) is 0. The number of carbonyl (C=O) groups is 1. The van der Waals surface area contributed by atoms with Crippen LogP contribution in [-0.2, 0) is 4.79 Å². The maximum atomic E-state index is 13.0. The van der Waals surface area contributed by atoms with Crippen molar-refractivity contribution in [3.05, 3.63) is 24.0 Å². The van der Waals surface area contributed by atoms with Gasteiger partial charge in [0, 0.05) is 11.6 Å². The molecule has 2 rings (SSSR count). The lowest BCUT2D eigenvalue weighted by Crippen LogP contribution is -2.50. The van der Waals surface area contributed by atoms with Gasteiger partial charge in [0.1, 0.15) is 11.6 Å². The molecule has 1 aliphatic heterocycles. The molecular weight excluding hydrogens is 209 g/mol. The van der Waals surface area contributed by atoms with Gasteiger partial charge in [-0.1, -0.05) is 0 Å². The summed E-state index contributed by atoms with van der Waals surface area (Å²) in [6.45, 7) is 5.77. The topological polar surface area (TPSA) is 29.5 Å². The van der Waals surface area contributed by atoms with Crippen molar-refractivity contribution < 1.29 is 13.9 Å². The molecule has 1 aromatic rings. The van der Waals surface area contributed by atoms with Gasteiger partial charge in [-0.25, -0.2) is 4.39 Å². The van der Waals surface area contributed by atoms with Crippen LogP contribution in [0.2, 0.25) is 0 Å². The van der Waals surface area contributed by atoms with E-state index in [1.807, 2.05) is 20.8 Å². The molecule has 0 aliphatic carbocycles. The Kier molecular flexibility index (Phi) is 2.37. The second kappa shape index (κ2) is 3.47. The van der Waals surface area contributed by atoms with Gasteiger partial charge in [0.2, 0.25) is 0 Å². The normalized spacial score (nSPS) is 15.8. The Labute approximate surface area is 93.8 Å². The first-order valence-corrected chi connectivity index (χ1v) is 5.15. The van der Waals surface area contributed by atoms with Crippen molar-refractivity contribution >= 4 is 11.6 Å². The summed E-state index contributed by atoms with van der Waals surface area (Å²) in [5.41, 5.74) is 0.290. The molecule has 0 radical (unpaired) electrons. The Morgan fingerprint density at radius 3 is 2.69 bits per heavy atom. The number of carbonyl (C=O) groups excluding carboxylic acids is 1. The number of benzene rings is 1. The third-order valence-corrected chi connectivity index (χ3v) is 2.43. The zero-order valence-electron chi connectivity index (χ0n) is 9.58. The minimum Gasteiger partial charge on any atom is -0.481 e. The van der Waals surface area contributed by atoms with Crippen molar-refractivity contribution in [2.75, 3.05) is 11.5 Å². The molecule has 1 aromatic carbocycles. The molecule has 0 saturated carbocycles. The smallest absolute Gasteiger partial charge is 0.265 e. The fourth-order valence-corrected chi connectivity index (χ4v) is 1.86. The lowest BCUT2D eigenvalue weighted by Gasteiger charge is -2.39. The fourth-order valence-electron chi connectivity index (χ4n) is 1.86. The van der Waals surface area contributed by atoms with Crippen LogP contribution in [0.1, 0.15) is 20.8 Å². The first-order chi connectivity index (χ1) is 7.39. The largest absolute Gasteiger partial charge is 0.481 e. The van der Waals surface area contributed by atoms with Gasteiger partial charge in [0.15, 0.2) is 6.61 Å². The molecule has 0 saturated heterocycles. The highest BCUT2D eigenvalue weighted by atomic mass is 19.1. The van der Waals surface area contributed by atoms with Crippen LogP contribution < -0.4 is 9.64 Å². The average molecular weight is 223 g/mol. The van der Waals surface area contributed by atoms with Gasteiger partial charge in [0.05, 0.1) is 5.69 Å². The second-order valence-corrected chi connectivity index (χ2v) is 4.80. The van der Waals surface area contributed by atoms with E-state index in [1.54, 1.807) is 11.0 Å². The summed E-state index contributed by atoms with van der Waals surface area (Å²) in [6, 6.07) is 4.22. The Hall–Kier alpha value is -1.58. The van der Waals surface area contributed by atoms with Crippen LogP contribution in [0.5, 0.6) is 5.75 Å². The first-order valence-electron chi connectivity index (χ1n) is 5.15. The number of ether oxygens (including phenoxy) is 1. The van der Waals surface area contributed by atoms with Crippen LogP contribution >= 0.6 is 0 Å². The van der Waals surface area contributed by atoms with Crippen molar-refractivity contribution in [1.29, 1.82) is 0 Å². The number of hydrogen-bond donors (Lipinski definition) is 0. The molecule has 0 fully saturated rings. The summed E-state index contributed by atoms with van der Waals surface area (Å²) in [5, 5.41) is 0. The number of fused-ring (bicyclic) bond motifs is 1. The van der Waals surface area contributed by atoms with E-state index >= 15 is 0 Å². The quantitative estimate of drug-likeness (QED) is 0.675. The molecule has 4 heteroatoms. The number of hydrogen-bond acceptors (Lipinski definition) is 2. The van der Waals surface area contributed by atoms with E-state index in [4.69, 9.17) is 4.74 Å². The zero-order valence-corrected chi connectivity index (χ0v) is 9.58. The molecule has 0 bridgehead atoms. The van der Waals surface area contributed by atoms with E-state index in [0.29, 0.717) is 11.4 Å². The van der Waals surface area contributed by atoms with Gasteiger partial charge >= 0.3 is 0 Å². The van der Waals surface area contributed by atoms with E-state index < -0.39 is 0 Å². The van der Waals surface area contributed by atoms with Gasteiger partial charge in [-0.3, -0.25) is 4.79 Å². The minimum absolute atomic E-state index is 0.0340. The molecule has 0 spiro atoms. The number of halogens is 1. The van der Waals surface area contributed by atoms with Gasteiger partial charge in [-0.15, -0.1) is 0 Å². The van der Waals surface area contributed by atoms with Crippen molar-refractivity contribution in [3.63, 3.8) is 0 Å². The Morgan fingerprint density at radius 2 is 2.06 bits per heavy atom. The minimum atomic E-state index is -0.359. The van der Waals surface area contributed by atoms with Gasteiger partial charge in [0.25, 0.3) is 5.91 Å². The Morgan fingerprint density at radius 1 is 1.38 bits per heavy atom. The van der Waals surface area contributed by atoms with Crippen molar-refractivity contribution in [2.24, 2.45) is 0 Å². The summed E-state index contributed by atoms with van der Waals surface area (Å²) in [6.07, 6.45) is 0. The van der Waals surface area contributed by atoms with E-state index in [9.17, 15) is 9.18 Å². The Balaban J connectivity index is 2.53. The van der Waals surface area contributed by atoms with Gasteiger partial charge < -0.3 is 9.64 Å². The lowest BCUT2D eigenvalue weighted by atomic mass is 10.0. The van der Waals surface area contributed by atoms with Crippen LogP contribution in [0, 0.1) is 5.82 Å². The summed E-state index contributed by atoms with van der Waals surface area (Å²) in [4.78, 5) is 13.4. The second-order valence-electron chi connectivity index (χ2n) is 4.80. The number of amides is 1. The van der Waals surface area contributed by atoms with E-state index in [-0.39, 0.29) is 23.9 Å². The molecule has 0 aromatic heterocycles. The SMILES string of the molecule is CC(C)(C)N1C(=O)COc2cc(F)ccc21. The maximum Gasteiger partial charge on any atom is 0.265 e. The standard InChI is InChI=1S/C12H14FNO2/c1-12(2,3)14-9-5-4-8(13)6-10(9)16-7-11(14)15/h4-6H,7H2,1-3H3. The molecule has 86 valence electrons. The predicted molar refractivity (Wildman–Crippen MR) is 59.1 cm³/mol. The van der Waals surface area contributed by atoms with Crippen molar-refractivity contribution in [2.45, 2.75) is 26.3 Å². The highest BCUT2D eigenvalue weighted by Gasteiger charge is 2.33. The predicted octanol–water partition coefficient (Wildman–Crippen LogP) is 2.35. The zero-order chi connectivity index (χ0) is 11.9. The molecule has 1 amide bonds. The van der Waals surface area contributed by atoms with Gasteiger partial charge in [-0.2, -0.15) is 0 Å². The van der Waals surface area contributed by atoms with Crippen molar-refractivity contribution in [3.8, 4) is 5.75 Å². The number of rotatable bonds is 0. The van der Waals surface area contributed by atoms with E-state index in [0.717, 1.165) is 0 Å². The monoisotopic (exact) mass is 223 g/mol. The van der Waals surface area contributed by atoms with Crippen LogP contribution in [0.4, 0.5) is 10.1 Å². The fraction of sp³-hybridized carbons (Fsp3) is 0.417. The summed E-state index contributed by atoms with van der Waals surface area (Å²) in [5.74, 6) is -0.0388. The number of nitrogens with zero attached hydrogens (tertiary/aromatic N) is 1. The highest BCUT2D eigenvalue weighted by Crippen LogP contribution is 2.36. The van der Waals surface area contributed by atoms with Crippen molar-refractivity contribution in [1.82, 2.24) is 0 Å².